The Bertz CT molecular complexity index is 838. The number of hydrogen-bond acceptors (Lipinski definition) is 0. The molecule has 0 aromatic heterocycles. The molecule has 33 heavy (non-hydrogen) atoms. The van der Waals surface area contributed by atoms with Crippen molar-refractivity contribution < 1.29 is 0 Å². The zero-order valence-electron chi connectivity index (χ0n) is 20.2. The van der Waals surface area contributed by atoms with Crippen LogP contribution in [0, 0.1) is 0 Å². The number of unbranched alkanes of at least 4 members (excludes halogenated alkanes) is 8. The van der Waals surface area contributed by atoms with E-state index < -0.39 is 8.07 Å². The van der Waals surface area contributed by atoms with Gasteiger partial charge in [0.15, 0.2) is 8.07 Å². The smallest absolute Gasteiger partial charge is 0.122 e. The molecule has 2 heteroatoms. The van der Waals surface area contributed by atoms with Crippen molar-refractivity contribution in [3.05, 3.63) is 102 Å². The van der Waals surface area contributed by atoms with Gasteiger partial charge in [-0.3, -0.25) is 0 Å². The summed E-state index contributed by atoms with van der Waals surface area (Å²) in [6.45, 7) is 2.28. The van der Waals surface area contributed by atoms with Crippen molar-refractivity contribution in [1.29, 1.82) is 0 Å². The minimum Gasteiger partial charge on any atom is -0.122 e. The highest BCUT2D eigenvalue weighted by molar-refractivity contribution is 7.16. The van der Waals surface area contributed by atoms with Crippen LogP contribution in [-0.2, 0) is 0 Å². The standard InChI is InChI=1S/C31H39ClSi/c1-2-3-4-5-6-7-8-9-13-26-31(27-32)33(28-20-14-10-15-21-28,29-22-16-11-17-23-29)30-24-18-12-19-25-30/h10-12,14-26H,2-9,13,27H2,1H3/b31-26+. The van der Waals surface area contributed by atoms with Crippen molar-refractivity contribution >= 4 is 35.2 Å². The summed E-state index contributed by atoms with van der Waals surface area (Å²) in [5, 5.41) is 5.64. The van der Waals surface area contributed by atoms with Crippen molar-refractivity contribution in [1.82, 2.24) is 0 Å². The molecule has 0 unspecified atom stereocenters. The van der Waals surface area contributed by atoms with E-state index in [4.69, 9.17) is 11.6 Å². The molecular weight excluding hydrogens is 436 g/mol. The molecule has 0 aliphatic rings. The first-order chi connectivity index (χ1) is 16.3. The Balaban J connectivity index is 1.90. The fourth-order valence-corrected chi connectivity index (χ4v) is 10.5. The van der Waals surface area contributed by atoms with Crippen molar-refractivity contribution in [2.24, 2.45) is 0 Å². The van der Waals surface area contributed by atoms with E-state index in [1.807, 2.05) is 0 Å². The number of hydrogen-bond donors (Lipinski definition) is 0. The van der Waals surface area contributed by atoms with E-state index in [0.29, 0.717) is 5.88 Å². The third kappa shape index (κ3) is 6.71. The molecule has 0 amide bonds. The Morgan fingerprint density at radius 2 is 1.00 bits per heavy atom. The molecule has 0 heterocycles. The Morgan fingerprint density at radius 3 is 1.39 bits per heavy atom. The Morgan fingerprint density at radius 1 is 0.606 bits per heavy atom. The minimum absolute atomic E-state index is 0.571. The van der Waals surface area contributed by atoms with Crippen LogP contribution in [0.3, 0.4) is 0 Å². The van der Waals surface area contributed by atoms with E-state index in [0.717, 1.165) is 6.42 Å². The number of alkyl halides is 1. The lowest BCUT2D eigenvalue weighted by molar-refractivity contribution is 0.577. The van der Waals surface area contributed by atoms with Crippen LogP contribution in [-0.4, -0.2) is 14.0 Å². The first-order valence-electron chi connectivity index (χ1n) is 12.8. The molecule has 0 nitrogen and oxygen atoms in total. The van der Waals surface area contributed by atoms with E-state index in [9.17, 15) is 0 Å². The maximum atomic E-state index is 6.78. The first-order valence-corrected chi connectivity index (χ1v) is 15.3. The van der Waals surface area contributed by atoms with Gasteiger partial charge in [0.05, 0.1) is 0 Å². The molecule has 174 valence electrons. The largest absolute Gasteiger partial charge is 0.176 e. The molecule has 0 fully saturated rings. The van der Waals surface area contributed by atoms with Gasteiger partial charge >= 0.3 is 0 Å². The lowest BCUT2D eigenvalue weighted by Gasteiger charge is -2.35. The maximum Gasteiger partial charge on any atom is 0.176 e. The molecule has 0 N–H and O–H groups in total. The van der Waals surface area contributed by atoms with Crippen LogP contribution in [0.15, 0.2) is 102 Å². The van der Waals surface area contributed by atoms with Gasteiger partial charge in [-0.05, 0) is 28.4 Å². The molecule has 0 aliphatic carbocycles. The van der Waals surface area contributed by atoms with E-state index in [2.05, 4.69) is 104 Å². The van der Waals surface area contributed by atoms with Gasteiger partial charge in [-0.1, -0.05) is 154 Å². The van der Waals surface area contributed by atoms with Gasteiger partial charge < -0.3 is 0 Å². The van der Waals surface area contributed by atoms with Crippen molar-refractivity contribution in [2.45, 2.75) is 64.7 Å². The fourth-order valence-electron chi connectivity index (χ4n) is 4.98. The summed E-state index contributed by atoms with van der Waals surface area (Å²) in [6.07, 6.45) is 14.4. The predicted molar refractivity (Wildman–Crippen MR) is 150 cm³/mol. The molecule has 3 rings (SSSR count). The van der Waals surface area contributed by atoms with Crippen LogP contribution in [0.1, 0.15) is 64.7 Å². The second-order valence-corrected chi connectivity index (χ2v) is 13.1. The number of allylic oxidation sites excluding steroid dienone is 2. The monoisotopic (exact) mass is 474 g/mol. The molecule has 0 radical (unpaired) electrons. The molecule has 0 atom stereocenters. The Hall–Kier alpha value is -2.09. The Labute approximate surface area is 207 Å². The van der Waals surface area contributed by atoms with Gasteiger partial charge in [0.1, 0.15) is 0 Å². The van der Waals surface area contributed by atoms with E-state index in [-0.39, 0.29) is 0 Å². The van der Waals surface area contributed by atoms with Gasteiger partial charge in [-0.25, -0.2) is 0 Å². The number of benzene rings is 3. The van der Waals surface area contributed by atoms with Crippen LogP contribution < -0.4 is 15.6 Å². The summed E-state index contributed by atoms with van der Waals surface area (Å²) < 4.78 is 0. The average Bonchev–Trinajstić information content (AvgIpc) is 2.89. The average molecular weight is 475 g/mol. The quantitative estimate of drug-likeness (QED) is 0.0988. The van der Waals surface area contributed by atoms with Gasteiger partial charge in [0.2, 0.25) is 0 Å². The third-order valence-corrected chi connectivity index (χ3v) is 12.1. The highest BCUT2D eigenvalue weighted by Gasteiger charge is 2.42. The lowest BCUT2D eigenvalue weighted by atomic mass is 10.1. The van der Waals surface area contributed by atoms with Crippen molar-refractivity contribution in [2.75, 3.05) is 5.88 Å². The SMILES string of the molecule is CCCCCCCCCC/C=C(\CCl)[Si](c1ccccc1)(c1ccccc1)c1ccccc1. The highest BCUT2D eigenvalue weighted by atomic mass is 35.5. The van der Waals surface area contributed by atoms with Gasteiger partial charge in [0.25, 0.3) is 0 Å². The third-order valence-electron chi connectivity index (χ3n) is 6.69. The van der Waals surface area contributed by atoms with Crippen LogP contribution in [0.4, 0.5) is 0 Å². The van der Waals surface area contributed by atoms with Gasteiger partial charge in [0, 0.05) is 5.88 Å². The summed E-state index contributed by atoms with van der Waals surface area (Å²) >= 11 is 6.78. The summed E-state index contributed by atoms with van der Waals surface area (Å²) in [5.74, 6) is 0.571. The lowest BCUT2D eigenvalue weighted by Crippen LogP contribution is -2.69. The van der Waals surface area contributed by atoms with Crippen LogP contribution in [0.5, 0.6) is 0 Å². The van der Waals surface area contributed by atoms with Gasteiger partial charge in [-0.15, -0.1) is 11.6 Å². The topological polar surface area (TPSA) is 0 Å². The summed E-state index contributed by atoms with van der Waals surface area (Å²) in [6, 6.07) is 33.2. The number of halogens is 1. The predicted octanol–water partition coefficient (Wildman–Crippen LogP) is 7.39. The second kappa shape index (κ2) is 14.2. The van der Waals surface area contributed by atoms with E-state index in [1.165, 1.54) is 72.1 Å². The van der Waals surface area contributed by atoms with E-state index in [1.54, 1.807) is 0 Å². The summed E-state index contributed by atoms with van der Waals surface area (Å²) in [4.78, 5) is 0. The molecule has 3 aromatic rings. The van der Waals surface area contributed by atoms with E-state index >= 15 is 0 Å². The van der Waals surface area contributed by atoms with Crippen LogP contribution in [0.25, 0.3) is 0 Å². The van der Waals surface area contributed by atoms with Crippen molar-refractivity contribution in [3.8, 4) is 0 Å². The van der Waals surface area contributed by atoms with Crippen LogP contribution >= 0.6 is 11.6 Å². The highest BCUT2D eigenvalue weighted by Crippen LogP contribution is 2.21. The minimum atomic E-state index is -2.41. The molecule has 0 saturated carbocycles. The molecule has 3 aromatic carbocycles. The molecule has 0 saturated heterocycles. The molecule has 0 spiro atoms. The normalized spacial score (nSPS) is 12.1. The Kier molecular flexibility index (Phi) is 11.0. The molecular formula is C31H39ClSi. The summed E-state index contributed by atoms with van der Waals surface area (Å²) in [7, 11) is -2.41. The maximum absolute atomic E-state index is 6.78. The molecule has 0 bridgehead atoms. The number of rotatable bonds is 14. The first kappa shape index (κ1) is 25.5. The molecule has 0 aliphatic heterocycles. The van der Waals surface area contributed by atoms with Gasteiger partial charge in [-0.2, -0.15) is 0 Å². The summed E-state index contributed by atoms with van der Waals surface area (Å²) in [5.41, 5.74) is 0. The van der Waals surface area contributed by atoms with Crippen LogP contribution in [0.2, 0.25) is 0 Å². The zero-order valence-corrected chi connectivity index (χ0v) is 21.9. The van der Waals surface area contributed by atoms with Crippen molar-refractivity contribution in [3.63, 3.8) is 0 Å². The second-order valence-electron chi connectivity index (χ2n) is 8.97. The fraction of sp³-hybridized carbons (Fsp3) is 0.355. The zero-order chi connectivity index (χ0) is 23.2.